The Balaban J connectivity index is 1.30. The first-order valence-electron chi connectivity index (χ1n) is 17.0. The molecule has 0 N–H and O–H groups in total. The minimum Gasteiger partial charge on any atom is -0.310 e. The van der Waals surface area contributed by atoms with E-state index in [9.17, 15) is 0 Å². The summed E-state index contributed by atoms with van der Waals surface area (Å²) in [4.78, 5) is 0. The van der Waals surface area contributed by atoms with E-state index in [2.05, 4.69) is 150 Å². The zero-order valence-electron chi connectivity index (χ0n) is 26.2. The second-order valence-corrected chi connectivity index (χ2v) is 14.1. The highest BCUT2D eigenvalue weighted by molar-refractivity contribution is 7.00. The quantitative estimate of drug-likeness (QED) is 0.153. The molecule has 0 amide bonds. The van der Waals surface area contributed by atoms with Crippen LogP contribution in [0.4, 0.5) is 0 Å². The summed E-state index contributed by atoms with van der Waals surface area (Å²) in [7, 11) is 0. The molecule has 0 spiro atoms. The number of aromatic nitrogens is 2. The summed E-state index contributed by atoms with van der Waals surface area (Å²) in [5.41, 5.74) is 18.7. The molecular formula is C45H25BN2. The average Bonchev–Trinajstić information content (AvgIpc) is 3.62. The molecule has 3 aliphatic rings. The van der Waals surface area contributed by atoms with E-state index in [1.54, 1.807) is 0 Å². The maximum Gasteiger partial charge on any atom is 0.252 e. The highest BCUT2D eigenvalue weighted by Crippen LogP contribution is 2.50. The average molecular weight is 605 g/mol. The fourth-order valence-corrected chi connectivity index (χ4v) is 10.2. The van der Waals surface area contributed by atoms with Crippen molar-refractivity contribution in [1.29, 1.82) is 0 Å². The number of fused-ring (bicyclic) bond motifs is 13. The monoisotopic (exact) mass is 604 g/mol. The van der Waals surface area contributed by atoms with Gasteiger partial charge in [-0.1, -0.05) is 109 Å². The summed E-state index contributed by atoms with van der Waals surface area (Å²) in [5, 5.41) is 10.8. The van der Waals surface area contributed by atoms with Crippen LogP contribution in [0.3, 0.4) is 0 Å². The molecule has 1 aliphatic carbocycles. The molecule has 0 bridgehead atoms. The van der Waals surface area contributed by atoms with Gasteiger partial charge in [0.1, 0.15) is 0 Å². The number of rotatable bonds is 0. The van der Waals surface area contributed by atoms with Crippen molar-refractivity contribution in [3.63, 3.8) is 0 Å². The van der Waals surface area contributed by atoms with E-state index in [1.807, 2.05) is 0 Å². The van der Waals surface area contributed by atoms with Gasteiger partial charge in [0.2, 0.25) is 0 Å². The molecule has 4 heterocycles. The van der Waals surface area contributed by atoms with Crippen LogP contribution in [0.2, 0.25) is 0 Å². The molecule has 2 aliphatic heterocycles. The van der Waals surface area contributed by atoms with Gasteiger partial charge in [0.15, 0.2) is 0 Å². The van der Waals surface area contributed by atoms with Crippen LogP contribution in [0.5, 0.6) is 0 Å². The zero-order valence-corrected chi connectivity index (χ0v) is 26.2. The van der Waals surface area contributed by atoms with E-state index in [0.717, 1.165) is 0 Å². The van der Waals surface area contributed by atoms with Crippen LogP contribution in [-0.2, 0) is 0 Å². The van der Waals surface area contributed by atoms with Crippen molar-refractivity contribution >= 4 is 88.3 Å². The third kappa shape index (κ3) is 2.52. The standard InChI is InChI=1S/C45H25BN2/c1-24-21-37-43-38(22-24)48-35-18-8-15-31-29-13-5-4-12-28(29)30-14-6-10-26-23-34(45(48)42(39(26)30)41(31)35)46(43)33-17-7-16-32-40-27-11-3-2-9-25(27)19-20-36(40)47(37)44(32)33/h2-23H,1H3. The molecule has 0 unspecified atom stereocenters. The number of para-hydroxylation sites is 1. The largest absolute Gasteiger partial charge is 0.310 e. The number of nitrogens with zero attached hydrogens (tertiary/aromatic N) is 2. The molecule has 2 aromatic heterocycles. The summed E-state index contributed by atoms with van der Waals surface area (Å²) < 4.78 is 5.22. The first kappa shape index (κ1) is 24.2. The van der Waals surface area contributed by atoms with Crippen molar-refractivity contribution in [3.8, 4) is 33.6 Å². The summed E-state index contributed by atoms with van der Waals surface area (Å²) in [6.45, 7) is 2.40. The molecular weight excluding hydrogens is 579 g/mol. The topological polar surface area (TPSA) is 9.86 Å². The van der Waals surface area contributed by atoms with Crippen molar-refractivity contribution < 1.29 is 0 Å². The van der Waals surface area contributed by atoms with E-state index < -0.39 is 0 Å². The lowest BCUT2D eigenvalue weighted by atomic mass is 9.34. The Labute approximate surface area is 276 Å². The minimum atomic E-state index is 0.126. The second-order valence-electron chi connectivity index (χ2n) is 14.1. The molecule has 0 atom stereocenters. The van der Waals surface area contributed by atoms with E-state index in [-0.39, 0.29) is 6.71 Å². The van der Waals surface area contributed by atoms with Gasteiger partial charge in [-0.25, -0.2) is 0 Å². The third-order valence-electron chi connectivity index (χ3n) is 11.8. The Kier molecular flexibility index (Phi) is 3.98. The van der Waals surface area contributed by atoms with Crippen molar-refractivity contribution in [2.75, 3.05) is 0 Å². The summed E-state index contributed by atoms with van der Waals surface area (Å²) in [6.07, 6.45) is 0. The van der Waals surface area contributed by atoms with Gasteiger partial charge < -0.3 is 9.13 Å². The van der Waals surface area contributed by atoms with Crippen LogP contribution >= 0.6 is 0 Å². The van der Waals surface area contributed by atoms with Crippen LogP contribution in [0.25, 0.3) is 98.8 Å². The first-order chi connectivity index (χ1) is 23.8. The molecule has 10 aromatic rings. The predicted molar refractivity (Wildman–Crippen MR) is 204 cm³/mol. The smallest absolute Gasteiger partial charge is 0.252 e. The van der Waals surface area contributed by atoms with Gasteiger partial charge in [0.25, 0.3) is 6.71 Å². The summed E-state index contributed by atoms with van der Waals surface area (Å²) >= 11 is 0. The van der Waals surface area contributed by atoms with Gasteiger partial charge >= 0.3 is 0 Å². The first-order valence-corrected chi connectivity index (χ1v) is 17.0. The van der Waals surface area contributed by atoms with E-state index in [1.165, 1.54) is 121 Å². The zero-order chi connectivity index (χ0) is 31.0. The Hall–Kier alpha value is -6.06. The van der Waals surface area contributed by atoms with Gasteiger partial charge in [-0.05, 0) is 96.9 Å². The summed E-state index contributed by atoms with van der Waals surface area (Å²) in [5.74, 6) is 0. The van der Waals surface area contributed by atoms with Crippen molar-refractivity contribution in [1.82, 2.24) is 9.13 Å². The number of benzene rings is 8. The minimum absolute atomic E-state index is 0.126. The lowest BCUT2D eigenvalue weighted by Gasteiger charge is -2.34. The lowest BCUT2D eigenvalue weighted by Crippen LogP contribution is -2.59. The van der Waals surface area contributed by atoms with Crippen LogP contribution < -0.4 is 16.4 Å². The second kappa shape index (κ2) is 7.90. The molecule has 8 aromatic carbocycles. The molecule has 3 heteroatoms. The number of hydrogen-bond acceptors (Lipinski definition) is 0. The Bertz CT molecular complexity index is 3190. The molecule has 218 valence electrons. The SMILES string of the molecule is Cc1cc2c3c(c1)-n1c4cccc5c4c4c6c(cccc6cc(c41)B3c1cccc3c4c6ccccc6ccc4n-2c13)-c1ccccc1-5. The maximum absolute atomic E-state index is 2.63. The van der Waals surface area contributed by atoms with Gasteiger partial charge in [-0.15, -0.1) is 0 Å². The van der Waals surface area contributed by atoms with Gasteiger partial charge in [-0.2, -0.15) is 0 Å². The molecule has 13 rings (SSSR count). The lowest BCUT2D eigenvalue weighted by molar-refractivity contribution is 1.13. The van der Waals surface area contributed by atoms with Gasteiger partial charge in [0, 0.05) is 38.4 Å². The number of aryl methyl sites for hydroxylation is 1. The van der Waals surface area contributed by atoms with Crippen LogP contribution in [-0.4, -0.2) is 15.8 Å². The fraction of sp³-hybridized carbons (Fsp3) is 0.0222. The summed E-state index contributed by atoms with van der Waals surface area (Å²) in [6, 6.07) is 50.9. The molecule has 2 nitrogen and oxygen atoms in total. The molecule has 0 saturated heterocycles. The fourth-order valence-electron chi connectivity index (χ4n) is 10.2. The van der Waals surface area contributed by atoms with Crippen molar-refractivity contribution in [2.45, 2.75) is 6.92 Å². The van der Waals surface area contributed by atoms with Gasteiger partial charge in [0.05, 0.1) is 16.6 Å². The number of hydrogen-bond donors (Lipinski definition) is 0. The van der Waals surface area contributed by atoms with Crippen LogP contribution in [0.15, 0.2) is 133 Å². The van der Waals surface area contributed by atoms with Crippen LogP contribution in [0, 0.1) is 6.92 Å². The van der Waals surface area contributed by atoms with E-state index in [4.69, 9.17) is 0 Å². The third-order valence-corrected chi connectivity index (χ3v) is 11.8. The molecule has 0 radical (unpaired) electrons. The Morgan fingerprint density at radius 1 is 0.438 bits per heavy atom. The maximum atomic E-state index is 2.63. The molecule has 0 saturated carbocycles. The van der Waals surface area contributed by atoms with E-state index in [0.29, 0.717) is 0 Å². The Morgan fingerprint density at radius 3 is 1.94 bits per heavy atom. The van der Waals surface area contributed by atoms with E-state index >= 15 is 0 Å². The predicted octanol–water partition coefficient (Wildman–Crippen LogP) is 9.29. The molecule has 0 fully saturated rings. The van der Waals surface area contributed by atoms with Crippen LogP contribution in [0.1, 0.15) is 5.56 Å². The van der Waals surface area contributed by atoms with Gasteiger partial charge in [-0.3, -0.25) is 0 Å². The highest BCUT2D eigenvalue weighted by atomic mass is 15.0. The molecule has 48 heavy (non-hydrogen) atoms. The normalized spacial score (nSPS) is 13.5. The van der Waals surface area contributed by atoms with Crippen molar-refractivity contribution in [2.24, 2.45) is 0 Å². The van der Waals surface area contributed by atoms with Crippen molar-refractivity contribution in [3.05, 3.63) is 139 Å². The highest BCUT2D eigenvalue weighted by Gasteiger charge is 2.42. The Morgan fingerprint density at radius 2 is 1.08 bits per heavy atom.